The Morgan fingerprint density at radius 1 is 0.950 bits per heavy atom. The van der Waals surface area contributed by atoms with Crippen LogP contribution in [0.4, 0.5) is 24.5 Å². The van der Waals surface area contributed by atoms with E-state index in [-0.39, 0.29) is 0 Å². The first kappa shape index (κ1) is 12.8. The van der Waals surface area contributed by atoms with Crippen LogP contribution in [0.2, 0.25) is 0 Å². The van der Waals surface area contributed by atoms with Crippen molar-refractivity contribution >= 4 is 11.4 Å². The van der Waals surface area contributed by atoms with Gasteiger partial charge >= 0.3 is 6.18 Å². The molecule has 0 fully saturated rings. The highest BCUT2D eigenvalue weighted by Crippen LogP contribution is 2.37. The molecule has 104 valence electrons. The molecule has 0 atom stereocenters. The average molecular weight is 279 g/mol. The highest BCUT2D eigenvalue weighted by atomic mass is 19.4. The molecule has 1 aliphatic heterocycles. The zero-order chi connectivity index (χ0) is 14.2. The summed E-state index contributed by atoms with van der Waals surface area (Å²) in [6, 6.07) is 12.7. The van der Waals surface area contributed by atoms with Crippen LogP contribution in [0.15, 0.2) is 48.5 Å². The zero-order valence-corrected chi connectivity index (χ0v) is 10.5. The zero-order valence-electron chi connectivity index (χ0n) is 10.5. The second kappa shape index (κ2) is 4.74. The standard InChI is InChI=1S/C15H12F3NO/c16-15(17,18)11-5-7-12(8-6-11)19-9-10-20-14-4-2-1-3-13(14)19/h1-8H,9-10H2. The van der Waals surface area contributed by atoms with Gasteiger partial charge in [0, 0.05) is 5.69 Å². The van der Waals surface area contributed by atoms with Gasteiger partial charge in [-0.15, -0.1) is 0 Å². The number of para-hydroxylation sites is 2. The molecule has 0 radical (unpaired) electrons. The fraction of sp³-hybridized carbons (Fsp3) is 0.200. The summed E-state index contributed by atoms with van der Waals surface area (Å²) in [7, 11) is 0. The minimum atomic E-state index is -4.30. The SMILES string of the molecule is FC(F)(F)c1ccc(N2CCOc3ccccc32)cc1. The third kappa shape index (κ3) is 2.31. The fourth-order valence-corrected chi connectivity index (χ4v) is 2.27. The van der Waals surface area contributed by atoms with Crippen LogP contribution in [-0.2, 0) is 6.18 Å². The van der Waals surface area contributed by atoms with E-state index in [1.807, 2.05) is 29.2 Å². The van der Waals surface area contributed by atoms with E-state index in [1.54, 1.807) is 0 Å². The maximum atomic E-state index is 12.6. The number of hydrogen-bond acceptors (Lipinski definition) is 2. The van der Waals surface area contributed by atoms with Crippen molar-refractivity contribution in [3.63, 3.8) is 0 Å². The van der Waals surface area contributed by atoms with Gasteiger partial charge in [0.05, 0.1) is 17.8 Å². The lowest BCUT2D eigenvalue weighted by atomic mass is 10.1. The molecule has 0 saturated carbocycles. The molecule has 1 heterocycles. The average Bonchev–Trinajstić information content (AvgIpc) is 2.46. The van der Waals surface area contributed by atoms with E-state index >= 15 is 0 Å². The van der Waals surface area contributed by atoms with Crippen molar-refractivity contribution in [1.82, 2.24) is 0 Å². The number of hydrogen-bond donors (Lipinski definition) is 0. The molecule has 5 heteroatoms. The number of ether oxygens (including phenoxy) is 1. The Labute approximate surface area is 114 Å². The summed E-state index contributed by atoms with van der Waals surface area (Å²) in [4.78, 5) is 1.96. The smallest absolute Gasteiger partial charge is 0.416 e. The molecular formula is C15H12F3NO. The quantitative estimate of drug-likeness (QED) is 0.774. The second-order valence-electron chi connectivity index (χ2n) is 4.51. The molecule has 0 aliphatic carbocycles. The molecule has 2 nitrogen and oxygen atoms in total. The predicted octanol–water partition coefficient (Wildman–Crippen LogP) is 4.24. The monoisotopic (exact) mass is 279 g/mol. The summed E-state index contributed by atoms with van der Waals surface area (Å²) in [5.41, 5.74) is 0.968. The number of alkyl halides is 3. The van der Waals surface area contributed by atoms with Crippen LogP contribution in [-0.4, -0.2) is 13.2 Å². The maximum absolute atomic E-state index is 12.6. The number of rotatable bonds is 1. The van der Waals surface area contributed by atoms with Crippen LogP contribution in [0.25, 0.3) is 0 Å². The Morgan fingerprint density at radius 2 is 1.65 bits per heavy atom. The Morgan fingerprint density at radius 3 is 2.35 bits per heavy atom. The van der Waals surface area contributed by atoms with Gasteiger partial charge in [0.25, 0.3) is 0 Å². The molecule has 0 spiro atoms. The van der Waals surface area contributed by atoms with Gasteiger partial charge in [-0.25, -0.2) is 0 Å². The van der Waals surface area contributed by atoms with E-state index in [4.69, 9.17) is 4.74 Å². The minimum Gasteiger partial charge on any atom is -0.490 e. The Hall–Kier alpha value is -2.17. The normalized spacial score (nSPS) is 14.7. The number of nitrogens with zero attached hydrogens (tertiary/aromatic N) is 1. The van der Waals surface area contributed by atoms with E-state index in [2.05, 4.69) is 0 Å². The van der Waals surface area contributed by atoms with Gasteiger partial charge in [0.1, 0.15) is 12.4 Å². The topological polar surface area (TPSA) is 12.5 Å². The third-order valence-corrected chi connectivity index (χ3v) is 3.23. The van der Waals surface area contributed by atoms with Crippen molar-refractivity contribution < 1.29 is 17.9 Å². The molecule has 0 amide bonds. The Kier molecular flexibility index (Phi) is 3.04. The van der Waals surface area contributed by atoms with E-state index in [0.29, 0.717) is 13.2 Å². The first-order valence-electron chi connectivity index (χ1n) is 6.22. The molecule has 1 aliphatic rings. The predicted molar refractivity (Wildman–Crippen MR) is 70.4 cm³/mol. The van der Waals surface area contributed by atoms with Gasteiger partial charge in [-0.05, 0) is 36.4 Å². The molecule has 0 saturated heterocycles. The highest BCUT2D eigenvalue weighted by molar-refractivity contribution is 5.70. The number of anilines is 2. The summed E-state index contributed by atoms with van der Waals surface area (Å²) < 4.78 is 43.2. The summed E-state index contributed by atoms with van der Waals surface area (Å²) >= 11 is 0. The molecule has 2 aromatic rings. The fourth-order valence-electron chi connectivity index (χ4n) is 2.27. The molecule has 0 aromatic heterocycles. The van der Waals surface area contributed by atoms with Gasteiger partial charge < -0.3 is 9.64 Å². The number of halogens is 3. The number of benzene rings is 2. The van der Waals surface area contributed by atoms with Gasteiger partial charge in [0.15, 0.2) is 0 Å². The molecule has 3 rings (SSSR count). The van der Waals surface area contributed by atoms with Gasteiger partial charge in [-0.2, -0.15) is 13.2 Å². The van der Waals surface area contributed by atoms with Gasteiger partial charge in [-0.1, -0.05) is 12.1 Å². The van der Waals surface area contributed by atoms with E-state index in [9.17, 15) is 13.2 Å². The van der Waals surface area contributed by atoms with Crippen molar-refractivity contribution in [3.8, 4) is 5.75 Å². The summed E-state index contributed by atoms with van der Waals surface area (Å²) in [6.45, 7) is 1.13. The first-order chi connectivity index (χ1) is 9.55. The van der Waals surface area contributed by atoms with Gasteiger partial charge in [-0.3, -0.25) is 0 Å². The lowest BCUT2D eigenvalue weighted by molar-refractivity contribution is -0.137. The molecule has 2 aromatic carbocycles. The number of fused-ring (bicyclic) bond motifs is 1. The van der Waals surface area contributed by atoms with Crippen molar-refractivity contribution in [1.29, 1.82) is 0 Å². The van der Waals surface area contributed by atoms with Crippen molar-refractivity contribution in [2.75, 3.05) is 18.1 Å². The van der Waals surface area contributed by atoms with Crippen LogP contribution in [0.3, 0.4) is 0 Å². The summed E-state index contributed by atoms with van der Waals surface area (Å²) in [5, 5.41) is 0. The van der Waals surface area contributed by atoms with E-state index < -0.39 is 11.7 Å². The lowest BCUT2D eigenvalue weighted by Crippen LogP contribution is -2.28. The van der Waals surface area contributed by atoms with E-state index in [0.717, 1.165) is 29.3 Å². The third-order valence-electron chi connectivity index (χ3n) is 3.23. The molecule has 0 N–H and O–H groups in total. The van der Waals surface area contributed by atoms with Crippen LogP contribution in [0, 0.1) is 0 Å². The van der Waals surface area contributed by atoms with Crippen LogP contribution < -0.4 is 9.64 Å². The minimum absolute atomic E-state index is 0.512. The Balaban J connectivity index is 1.95. The van der Waals surface area contributed by atoms with Crippen LogP contribution in [0.5, 0.6) is 5.75 Å². The largest absolute Gasteiger partial charge is 0.490 e. The van der Waals surface area contributed by atoms with E-state index in [1.165, 1.54) is 12.1 Å². The molecule has 0 bridgehead atoms. The van der Waals surface area contributed by atoms with Crippen LogP contribution >= 0.6 is 0 Å². The van der Waals surface area contributed by atoms with Crippen molar-refractivity contribution in [2.24, 2.45) is 0 Å². The molecular weight excluding hydrogens is 267 g/mol. The van der Waals surface area contributed by atoms with Gasteiger partial charge in [0.2, 0.25) is 0 Å². The Bertz CT molecular complexity index is 607. The highest BCUT2D eigenvalue weighted by Gasteiger charge is 2.30. The first-order valence-corrected chi connectivity index (χ1v) is 6.22. The maximum Gasteiger partial charge on any atom is 0.416 e. The van der Waals surface area contributed by atoms with Crippen LogP contribution in [0.1, 0.15) is 5.56 Å². The molecule has 20 heavy (non-hydrogen) atoms. The molecule has 0 unspecified atom stereocenters. The van der Waals surface area contributed by atoms with Crippen molar-refractivity contribution in [3.05, 3.63) is 54.1 Å². The lowest BCUT2D eigenvalue weighted by Gasteiger charge is -2.31. The summed E-state index contributed by atoms with van der Waals surface area (Å²) in [5.74, 6) is 0.749. The second-order valence-corrected chi connectivity index (χ2v) is 4.51. The summed E-state index contributed by atoms with van der Waals surface area (Å²) in [6.07, 6.45) is -4.30. The van der Waals surface area contributed by atoms with Crippen molar-refractivity contribution in [2.45, 2.75) is 6.18 Å².